The van der Waals surface area contributed by atoms with E-state index in [1.54, 1.807) is 55.6 Å². The minimum absolute atomic E-state index is 0.178. The number of anilines is 1. The van der Waals surface area contributed by atoms with Gasteiger partial charge in [0, 0.05) is 5.56 Å². The van der Waals surface area contributed by atoms with Gasteiger partial charge in [-0.2, -0.15) is 0 Å². The molecule has 0 aliphatic heterocycles. The van der Waals surface area contributed by atoms with Gasteiger partial charge in [-0.3, -0.25) is 9.10 Å². The van der Waals surface area contributed by atoms with Gasteiger partial charge in [0.2, 0.25) is 10.0 Å². The summed E-state index contributed by atoms with van der Waals surface area (Å²) in [5.41, 5.74) is 3.02. The summed E-state index contributed by atoms with van der Waals surface area (Å²) < 4.78 is 37.0. The van der Waals surface area contributed by atoms with E-state index in [2.05, 4.69) is 19.2 Å². The lowest BCUT2D eigenvalue weighted by Gasteiger charge is -2.23. The Morgan fingerprint density at radius 1 is 0.914 bits per heavy atom. The van der Waals surface area contributed by atoms with Gasteiger partial charge < -0.3 is 14.8 Å². The molecule has 0 bridgehead atoms. The third-order valence-corrected chi connectivity index (χ3v) is 6.65. The van der Waals surface area contributed by atoms with E-state index in [0.717, 1.165) is 16.9 Å². The Hall–Kier alpha value is -3.52. The van der Waals surface area contributed by atoms with Gasteiger partial charge in [-0.05, 0) is 65.6 Å². The average molecular weight is 497 g/mol. The first-order valence-electron chi connectivity index (χ1n) is 11.4. The zero-order valence-corrected chi connectivity index (χ0v) is 21.3. The molecule has 0 aromatic heterocycles. The second-order valence-corrected chi connectivity index (χ2v) is 10.4. The Bertz CT molecular complexity index is 1210. The molecule has 0 radical (unpaired) electrons. The van der Waals surface area contributed by atoms with Crippen molar-refractivity contribution < 1.29 is 22.7 Å². The Morgan fingerprint density at radius 2 is 1.51 bits per heavy atom. The smallest absolute Gasteiger partial charge is 0.251 e. The van der Waals surface area contributed by atoms with Crippen molar-refractivity contribution in [3.63, 3.8) is 0 Å². The van der Waals surface area contributed by atoms with Crippen LogP contribution in [0.4, 0.5) is 5.69 Å². The van der Waals surface area contributed by atoms with Crippen LogP contribution in [0.1, 0.15) is 41.3 Å². The van der Waals surface area contributed by atoms with E-state index in [1.807, 2.05) is 24.3 Å². The van der Waals surface area contributed by atoms with Crippen molar-refractivity contribution in [3.8, 4) is 11.5 Å². The summed E-state index contributed by atoms with van der Waals surface area (Å²) in [6.45, 7) is 5.04. The molecular formula is C27H32N2O5S. The summed E-state index contributed by atoms with van der Waals surface area (Å²) >= 11 is 0. The lowest BCUT2D eigenvalue weighted by atomic mass is 10.0. The van der Waals surface area contributed by atoms with E-state index in [9.17, 15) is 13.2 Å². The minimum Gasteiger partial charge on any atom is -0.497 e. The molecule has 0 spiro atoms. The molecule has 0 fully saturated rings. The molecule has 0 aliphatic carbocycles. The van der Waals surface area contributed by atoms with Crippen molar-refractivity contribution in [2.75, 3.05) is 30.8 Å². The predicted molar refractivity (Wildman–Crippen MR) is 139 cm³/mol. The molecule has 1 amide bonds. The Labute approximate surface area is 207 Å². The quantitative estimate of drug-likeness (QED) is 0.393. The largest absolute Gasteiger partial charge is 0.497 e. The molecule has 186 valence electrons. The van der Waals surface area contributed by atoms with Gasteiger partial charge in [-0.15, -0.1) is 0 Å². The van der Waals surface area contributed by atoms with Gasteiger partial charge in [-0.1, -0.05) is 38.1 Å². The topological polar surface area (TPSA) is 84.9 Å². The first-order chi connectivity index (χ1) is 16.7. The molecule has 0 atom stereocenters. The maximum absolute atomic E-state index is 12.5. The fourth-order valence-electron chi connectivity index (χ4n) is 3.46. The third kappa shape index (κ3) is 7.48. The van der Waals surface area contributed by atoms with E-state index < -0.39 is 10.0 Å². The Morgan fingerprint density at radius 3 is 2.06 bits per heavy atom. The monoisotopic (exact) mass is 496 g/mol. The number of amides is 1. The maximum Gasteiger partial charge on any atom is 0.251 e. The van der Waals surface area contributed by atoms with Crippen LogP contribution >= 0.6 is 0 Å². The standard InChI is InChI=1S/C27H32N2O5S/c1-20(2)22-9-11-24(12-10-22)29(35(4,31)32)19-21-5-7-23(8-6-21)27(30)28-17-18-34-26-15-13-25(33-3)14-16-26/h5-16,20H,17-19H2,1-4H3,(H,28,30). The van der Waals surface area contributed by atoms with Gasteiger partial charge in [-0.25, -0.2) is 8.42 Å². The fourth-order valence-corrected chi connectivity index (χ4v) is 4.35. The molecule has 35 heavy (non-hydrogen) atoms. The molecule has 0 heterocycles. The van der Waals surface area contributed by atoms with E-state index in [1.165, 1.54) is 10.6 Å². The van der Waals surface area contributed by atoms with Crippen LogP contribution in [-0.2, 0) is 16.6 Å². The SMILES string of the molecule is COc1ccc(OCCNC(=O)c2ccc(CN(c3ccc(C(C)C)cc3)S(C)(=O)=O)cc2)cc1. The van der Waals surface area contributed by atoms with Crippen LogP contribution in [0.3, 0.4) is 0 Å². The average Bonchev–Trinajstić information content (AvgIpc) is 2.85. The lowest BCUT2D eigenvalue weighted by Crippen LogP contribution is -2.29. The molecule has 3 rings (SSSR count). The fraction of sp³-hybridized carbons (Fsp3) is 0.296. The van der Waals surface area contributed by atoms with Crippen molar-refractivity contribution in [1.82, 2.24) is 5.32 Å². The number of methoxy groups -OCH3 is 1. The summed E-state index contributed by atoms with van der Waals surface area (Å²) in [5, 5.41) is 2.82. The minimum atomic E-state index is -3.48. The van der Waals surface area contributed by atoms with Gasteiger partial charge >= 0.3 is 0 Å². The van der Waals surface area contributed by atoms with Crippen molar-refractivity contribution in [3.05, 3.63) is 89.5 Å². The van der Waals surface area contributed by atoms with Crippen LogP contribution in [0, 0.1) is 0 Å². The normalized spacial score (nSPS) is 11.2. The van der Waals surface area contributed by atoms with Gasteiger partial charge in [0.05, 0.1) is 32.1 Å². The second kappa shape index (κ2) is 11.8. The van der Waals surface area contributed by atoms with Crippen molar-refractivity contribution in [2.24, 2.45) is 0 Å². The van der Waals surface area contributed by atoms with Crippen LogP contribution in [0.15, 0.2) is 72.8 Å². The van der Waals surface area contributed by atoms with E-state index in [-0.39, 0.29) is 12.5 Å². The highest BCUT2D eigenvalue weighted by Crippen LogP contribution is 2.24. The second-order valence-electron chi connectivity index (χ2n) is 8.49. The van der Waals surface area contributed by atoms with Gasteiger partial charge in [0.15, 0.2) is 0 Å². The summed E-state index contributed by atoms with van der Waals surface area (Å²) in [4.78, 5) is 12.5. The number of hydrogen-bond acceptors (Lipinski definition) is 5. The summed E-state index contributed by atoms with van der Waals surface area (Å²) in [7, 11) is -1.88. The van der Waals surface area contributed by atoms with E-state index in [4.69, 9.17) is 9.47 Å². The zero-order valence-electron chi connectivity index (χ0n) is 20.5. The molecule has 8 heteroatoms. The van der Waals surface area contributed by atoms with Gasteiger partial charge in [0.1, 0.15) is 18.1 Å². The summed E-state index contributed by atoms with van der Waals surface area (Å²) in [5.74, 6) is 1.58. The molecule has 0 saturated heterocycles. The predicted octanol–water partition coefficient (Wildman–Crippen LogP) is 4.59. The number of rotatable bonds is 11. The first-order valence-corrected chi connectivity index (χ1v) is 13.2. The van der Waals surface area contributed by atoms with Crippen LogP contribution in [0.5, 0.6) is 11.5 Å². The number of nitrogens with zero attached hydrogens (tertiary/aromatic N) is 1. The highest BCUT2D eigenvalue weighted by molar-refractivity contribution is 7.92. The summed E-state index contributed by atoms with van der Waals surface area (Å²) in [6, 6.07) is 21.7. The number of ether oxygens (including phenoxy) is 2. The van der Waals surface area contributed by atoms with Crippen LogP contribution in [-0.4, -0.2) is 40.8 Å². The lowest BCUT2D eigenvalue weighted by molar-refractivity contribution is 0.0947. The van der Waals surface area contributed by atoms with Crippen molar-refractivity contribution in [1.29, 1.82) is 0 Å². The van der Waals surface area contributed by atoms with Crippen molar-refractivity contribution >= 4 is 21.6 Å². The van der Waals surface area contributed by atoms with Crippen molar-refractivity contribution in [2.45, 2.75) is 26.3 Å². The zero-order chi connectivity index (χ0) is 25.4. The number of nitrogens with one attached hydrogen (secondary N) is 1. The highest BCUT2D eigenvalue weighted by atomic mass is 32.2. The first kappa shape index (κ1) is 26.1. The molecule has 7 nitrogen and oxygen atoms in total. The summed E-state index contributed by atoms with van der Waals surface area (Å²) in [6.07, 6.45) is 1.19. The number of carbonyl (C=O) groups excluding carboxylic acids is 1. The molecule has 0 aliphatic rings. The number of carbonyl (C=O) groups is 1. The van der Waals surface area contributed by atoms with Crippen LogP contribution < -0.4 is 19.1 Å². The van der Waals surface area contributed by atoms with E-state index >= 15 is 0 Å². The molecule has 0 unspecified atom stereocenters. The van der Waals surface area contributed by atoms with E-state index in [0.29, 0.717) is 36.1 Å². The molecule has 3 aromatic carbocycles. The van der Waals surface area contributed by atoms with Gasteiger partial charge in [0.25, 0.3) is 5.91 Å². The highest BCUT2D eigenvalue weighted by Gasteiger charge is 2.18. The van der Waals surface area contributed by atoms with Crippen LogP contribution in [0.25, 0.3) is 0 Å². The molecule has 1 N–H and O–H groups in total. The molecular weight excluding hydrogens is 464 g/mol. The Balaban J connectivity index is 1.56. The molecule has 0 saturated carbocycles. The maximum atomic E-state index is 12.5. The number of sulfonamides is 1. The molecule has 3 aromatic rings. The Kier molecular flexibility index (Phi) is 8.76. The number of benzene rings is 3. The number of hydrogen-bond donors (Lipinski definition) is 1. The van der Waals surface area contributed by atoms with Crippen LogP contribution in [0.2, 0.25) is 0 Å². The third-order valence-electron chi connectivity index (χ3n) is 5.51.